The van der Waals surface area contributed by atoms with Crippen molar-refractivity contribution in [1.29, 1.82) is 0 Å². The molecule has 0 amide bonds. The third-order valence-corrected chi connectivity index (χ3v) is 3.29. The largest absolute Gasteiger partial charge is 0.513 e. The fraction of sp³-hybridized carbons (Fsp3) is 0.500. The van der Waals surface area contributed by atoms with Gasteiger partial charge in [-0.2, -0.15) is 0 Å². The Balaban J connectivity index is 2.41. The van der Waals surface area contributed by atoms with E-state index < -0.39 is 8.32 Å². The van der Waals surface area contributed by atoms with Gasteiger partial charge >= 0.3 is 0 Å². The summed E-state index contributed by atoms with van der Waals surface area (Å²) in [5.41, 5.74) is 0. The van der Waals surface area contributed by atoms with Crippen LogP contribution in [0, 0.1) is 0 Å². The van der Waals surface area contributed by atoms with Gasteiger partial charge in [0.25, 0.3) is 0 Å². The third-order valence-electron chi connectivity index (χ3n) is 1.46. The van der Waals surface area contributed by atoms with Crippen molar-refractivity contribution in [3.05, 3.63) is 22.9 Å². The van der Waals surface area contributed by atoms with Crippen molar-refractivity contribution in [2.45, 2.75) is 19.6 Å². The average Bonchev–Trinajstić information content (AvgIpc) is 2.46. The number of thioether (sulfide) groups is 1. The highest BCUT2D eigenvalue weighted by molar-refractivity contribution is 8.06. The normalized spacial score (nSPS) is 20.2. The number of aliphatic hydroxyl groups excluding tert-OH is 1. The first-order chi connectivity index (χ1) is 6.03. The summed E-state index contributed by atoms with van der Waals surface area (Å²) < 4.78 is 5.69. The van der Waals surface area contributed by atoms with E-state index in [0.29, 0.717) is 6.73 Å². The minimum atomic E-state index is -1.46. The van der Waals surface area contributed by atoms with Crippen LogP contribution < -0.4 is 0 Å². The highest BCUT2D eigenvalue weighted by atomic mass is 32.2. The highest BCUT2D eigenvalue weighted by Gasteiger charge is 2.18. The van der Waals surface area contributed by atoms with Gasteiger partial charge in [-0.1, -0.05) is 11.8 Å². The number of aliphatic hydroxyl groups is 1. The minimum absolute atomic E-state index is 0.533. The zero-order valence-corrected chi connectivity index (χ0v) is 9.97. The number of rotatable bonds is 3. The second-order valence-corrected chi connectivity index (χ2v) is 9.17. The van der Waals surface area contributed by atoms with Gasteiger partial charge in [0.15, 0.2) is 8.32 Å². The maximum atomic E-state index is 8.86. The Morgan fingerprint density at radius 2 is 2.31 bits per heavy atom. The van der Waals surface area contributed by atoms with Gasteiger partial charge in [0, 0.05) is 6.20 Å². The molecule has 1 N–H and O–H groups in total. The van der Waals surface area contributed by atoms with Gasteiger partial charge in [0.05, 0.1) is 0 Å². The molecule has 1 aliphatic heterocycles. The molecule has 0 aromatic heterocycles. The van der Waals surface area contributed by atoms with E-state index in [0.717, 1.165) is 11.3 Å². The fourth-order valence-electron chi connectivity index (χ4n) is 0.789. The van der Waals surface area contributed by atoms with E-state index in [9.17, 15) is 0 Å². The molecule has 5 heteroatoms. The van der Waals surface area contributed by atoms with Gasteiger partial charge < -0.3 is 14.4 Å². The first kappa shape index (κ1) is 10.7. The van der Waals surface area contributed by atoms with Crippen molar-refractivity contribution in [3.63, 3.8) is 0 Å². The summed E-state index contributed by atoms with van der Waals surface area (Å²) in [6.07, 6.45) is 3.02. The summed E-state index contributed by atoms with van der Waals surface area (Å²) >= 11 is 1.49. The van der Waals surface area contributed by atoms with E-state index in [1.807, 2.05) is 16.5 Å². The zero-order valence-electron chi connectivity index (χ0n) is 8.15. The third kappa shape index (κ3) is 3.46. The molecule has 1 aliphatic rings. The standard InChI is InChI=1S/C8H15NO2SSi/c1-13(2,3)11-7-9-4-5-12-8(9)6-10/h4-6,10H,7H2,1-3H3/b8-6+. The lowest BCUT2D eigenvalue weighted by molar-refractivity contribution is 0.202. The lowest BCUT2D eigenvalue weighted by Crippen LogP contribution is -2.30. The van der Waals surface area contributed by atoms with Crippen LogP contribution in [0.3, 0.4) is 0 Å². The maximum Gasteiger partial charge on any atom is 0.186 e. The molecule has 0 saturated heterocycles. The van der Waals surface area contributed by atoms with Crippen LogP contribution in [0.2, 0.25) is 19.6 Å². The van der Waals surface area contributed by atoms with E-state index >= 15 is 0 Å². The Bertz CT molecular complexity index is 235. The number of hydrogen-bond donors (Lipinski definition) is 1. The van der Waals surface area contributed by atoms with Crippen LogP contribution in [0.4, 0.5) is 0 Å². The Morgan fingerprint density at radius 1 is 1.62 bits per heavy atom. The first-order valence-electron chi connectivity index (χ1n) is 4.11. The van der Waals surface area contributed by atoms with Crippen LogP contribution in [-0.2, 0) is 4.43 Å². The van der Waals surface area contributed by atoms with Crippen molar-refractivity contribution >= 4 is 20.1 Å². The van der Waals surface area contributed by atoms with E-state index in [2.05, 4.69) is 19.6 Å². The van der Waals surface area contributed by atoms with Crippen LogP contribution in [-0.4, -0.2) is 25.1 Å². The van der Waals surface area contributed by atoms with Gasteiger partial charge in [-0.25, -0.2) is 0 Å². The molecular formula is C8H15NO2SSi. The summed E-state index contributed by atoms with van der Waals surface area (Å²) in [6, 6.07) is 0. The first-order valence-corrected chi connectivity index (χ1v) is 8.40. The number of hydrogen-bond acceptors (Lipinski definition) is 4. The second-order valence-electron chi connectivity index (χ2n) is 3.73. The van der Waals surface area contributed by atoms with Crippen molar-refractivity contribution in [2.24, 2.45) is 0 Å². The van der Waals surface area contributed by atoms with Gasteiger partial charge in [0.1, 0.15) is 18.0 Å². The minimum Gasteiger partial charge on any atom is -0.513 e. The van der Waals surface area contributed by atoms with Gasteiger partial charge in [-0.15, -0.1) is 0 Å². The molecule has 74 valence electrons. The van der Waals surface area contributed by atoms with Crippen LogP contribution in [0.1, 0.15) is 0 Å². The zero-order chi connectivity index (χ0) is 9.90. The Morgan fingerprint density at radius 3 is 2.85 bits per heavy atom. The lowest BCUT2D eigenvalue weighted by atomic mass is 10.7. The molecule has 0 saturated carbocycles. The molecule has 1 rings (SSSR count). The average molecular weight is 217 g/mol. The summed E-state index contributed by atoms with van der Waals surface area (Å²) in [6.45, 7) is 6.96. The Kier molecular flexibility index (Phi) is 3.46. The molecule has 0 radical (unpaired) electrons. The van der Waals surface area contributed by atoms with E-state index in [1.54, 1.807) is 0 Å². The quantitative estimate of drug-likeness (QED) is 0.582. The monoisotopic (exact) mass is 217 g/mol. The van der Waals surface area contributed by atoms with Crippen LogP contribution in [0.5, 0.6) is 0 Å². The van der Waals surface area contributed by atoms with E-state index in [1.165, 1.54) is 11.8 Å². The SMILES string of the molecule is C[Si](C)(C)OCN1C=CS/C1=C/O. The van der Waals surface area contributed by atoms with Crippen molar-refractivity contribution in [3.8, 4) is 0 Å². The fourth-order valence-corrected chi connectivity index (χ4v) is 1.97. The predicted molar refractivity (Wildman–Crippen MR) is 58.6 cm³/mol. The molecule has 0 atom stereocenters. The predicted octanol–water partition coefficient (Wildman–Crippen LogP) is 2.67. The molecule has 0 aromatic carbocycles. The summed E-state index contributed by atoms with van der Waals surface area (Å²) in [5.74, 6) is 0. The molecule has 3 nitrogen and oxygen atoms in total. The summed E-state index contributed by atoms with van der Waals surface area (Å²) in [4.78, 5) is 1.89. The molecule has 0 aromatic rings. The van der Waals surface area contributed by atoms with Crippen LogP contribution >= 0.6 is 11.8 Å². The molecule has 0 fully saturated rings. The molecule has 0 spiro atoms. The van der Waals surface area contributed by atoms with Gasteiger partial charge in [0.2, 0.25) is 0 Å². The van der Waals surface area contributed by atoms with Crippen molar-refractivity contribution in [1.82, 2.24) is 4.90 Å². The summed E-state index contributed by atoms with van der Waals surface area (Å²) in [5, 5.41) is 11.6. The van der Waals surface area contributed by atoms with Gasteiger partial charge in [-0.3, -0.25) is 0 Å². The van der Waals surface area contributed by atoms with E-state index in [4.69, 9.17) is 9.53 Å². The molecule has 1 heterocycles. The smallest absolute Gasteiger partial charge is 0.186 e. The molecule has 0 aliphatic carbocycles. The highest BCUT2D eigenvalue weighted by Crippen LogP contribution is 2.28. The molecule has 13 heavy (non-hydrogen) atoms. The van der Waals surface area contributed by atoms with Crippen LogP contribution in [0.15, 0.2) is 22.9 Å². The Hall–Kier alpha value is -0.393. The molecule has 0 unspecified atom stereocenters. The Labute approximate surface area is 84.2 Å². The van der Waals surface area contributed by atoms with Gasteiger partial charge in [-0.05, 0) is 25.0 Å². The summed E-state index contributed by atoms with van der Waals surface area (Å²) in [7, 11) is -1.46. The topological polar surface area (TPSA) is 32.7 Å². The maximum absolute atomic E-state index is 8.86. The molecular weight excluding hydrogens is 202 g/mol. The number of nitrogens with zero attached hydrogens (tertiary/aromatic N) is 1. The molecule has 0 bridgehead atoms. The van der Waals surface area contributed by atoms with Crippen LogP contribution in [0.25, 0.3) is 0 Å². The second kappa shape index (κ2) is 4.21. The lowest BCUT2D eigenvalue weighted by Gasteiger charge is -2.23. The van der Waals surface area contributed by atoms with Crippen molar-refractivity contribution in [2.75, 3.05) is 6.73 Å². The van der Waals surface area contributed by atoms with Crippen molar-refractivity contribution < 1.29 is 9.53 Å². The van der Waals surface area contributed by atoms with E-state index in [-0.39, 0.29) is 0 Å².